The van der Waals surface area contributed by atoms with Crippen LogP contribution in [-0.4, -0.2) is 4.55 Å². The van der Waals surface area contributed by atoms with E-state index in [4.69, 9.17) is 5.14 Å². The summed E-state index contributed by atoms with van der Waals surface area (Å²) in [6, 6.07) is 30.2. The fourth-order valence-corrected chi connectivity index (χ4v) is 7.20. The fraction of sp³-hybridized carbons (Fsp3) is 0. The minimum absolute atomic E-state index is 1.07. The van der Waals surface area contributed by atoms with Crippen LogP contribution in [0.15, 0.2) is 106 Å². The highest BCUT2D eigenvalue weighted by Crippen LogP contribution is 2.65. The number of benzene rings is 3. The van der Waals surface area contributed by atoms with Crippen molar-refractivity contribution in [3.05, 3.63) is 91.0 Å². The maximum Gasteiger partial charge on any atom is 0.142 e. The number of nitrogens with one attached hydrogen (secondary N) is 1. The molecule has 0 heterocycles. The molecule has 0 aromatic heterocycles. The molecule has 0 aliphatic carbocycles. The van der Waals surface area contributed by atoms with E-state index in [0.717, 1.165) is 14.7 Å². The van der Waals surface area contributed by atoms with Crippen LogP contribution in [0.25, 0.3) is 0 Å². The van der Waals surface area contributed by atoms with Gasteiger partial charge in [0.15, 0.2) is 0 Å². The standard InChI is InChI=1S/C18H18N2OS2/c19-22(21)20-23(16-10-4-1-5-11-16,17-12-6-2-7-13-17)18-14-8-3-9-15-18/h1-15,20H,19H2. The molecule has 1 unspecified atom stereocenters. The summed E-state index contributed by atoms with van der Waals surface area (Å²) in [6.45, 7) is 0. The number of hydrogen-bond acceptors (Lipinski definition) is 3. The average molecular weight is 342 g/mol. The summed E-state index contributed by atoms with van der Waals surface area (Å²) >= 11 is -1.65. The predicted octanol–water partition coefficient (Wildman–Crippen LogP) is 4.01. The molecule has 0 bridgehead atoms. The second-order valence-corrected chi connectivity index (χ2v) is 8.83. The Balaban J connectivity index is 2.30. The molecule has 0 saturated carbocycles. The molecule has 0 aliphatic rings. The zero-order chi connectivity index (χ0) is 16.1. The van der Waals surface area contributed by atoms with Crippen LogP contribution in [0, 0.1) is 0 Å². The molecule has 118 valence electrons. The maximum absolute atomic E-state index is 12.0. The summed E-state index contributed by atoms with van der Waals surface area (Å²) in [4.78, 5) is 3.20. The number of nitrogens with two attached hydrogens (primary N) is 1. The van der Waals surface area contributed by atoms with Crippen molar-refractivity contribution in [3.63, 3.8) is 0 Å². The van der Waals surface area contributed by atoms with Crippen LogP contribution >= 0.6 is 10.2 Å². The van der Waals surface area contributed by atoms with E-state index in [1.54, 1.807) is 0 Å². The lowest BCUT2D eigenvalue weighted by Gasteiger charge is -2.39. The van der Waals surface area contributed by atoms with Crippen molar-refractivity contribution in [1.82, 2.24) is 4.13 Å². The van der Waals surface area contributed by atoms with Crippen molar-refractivity contribution in [2.45, 2.75) is 14.7 Å². The first-order valence-electron chi connectivity index (χ1n) is 7.16. The molecule has 0 fully saturated rings. The highest BCUT2D eigenvalue weighted by Gasteiger charge is 2.34. The Hall–Kier alpha value is -1.76. The first-order chi connectivity index (χ1) is 11.2. The van der Waals surface area contributed by atoms with E-state index >= 15 is 0 Å². The van der Waals surface area contributed by atoms with Gasteiger partial charge < -0.3 is 4.55 Å². The van der Waals surface area contributed by atoms with E-state index in [1.807, 2.05) is 54.6 Å². The molecule has 3 nitrogen and oxygen atoms in total. The normalized spacial score (nSPS) is 13.5. The molecule has 0 spiro atoms. The quantitative estimate of drug-likeness (QED) is 0.689. The largest absolute Gasteiger partial charge is 0.578 e. The van der Waals surface area contributed by atoms with Gasteiger partial charge in [-0.05, 0) is 36.4 Å². The van der Waals surface area contributed by atoms with E-state index in [0.29, 0.717) is 0 Å². The SMILES string of the molecule is N[S+]([O-])NS(c1ccccc1)(c1ccccc1)c1ccccc1. The Morgan fingerprint density at radius 1 is 0.652 bits per heavy atom. The highest BCUT2D eigenvalue weighted by atomic mass is 32.3. The van der Waals surface area contributed by atoms with Crippen molar-refractivity contribution in [2.75, 3.05) is 0 Å². The lowest BCUT2D eigenvalue weighted by Crippen LogP contribution is -2.34. The van der Waals surface area contributed by atoms with Gasteiger partial charge in [-0.15, -0.1) is 5.14 Å². The third-order valence-electron chi connectivity index (χ3n) is 3.50. The van der Waals surface area contributed by atoms with Gasteiger partial charge in [-0.1, -0.05) is 68.9 Å². The van der Waals surface area contributed by atoms with Gasteiger partial charge in [0, 0.05) is 14.7 Å². The van der Waals surface area contributed by atoms with Crippen LogP contribution < -0.4 is 9.27 Å². The van der Waals surface area contributed by atoms with Crippen molar-refractivity contribution in [1.29, 1.82) is 0 Å². The Bertz CT molecular complexity index is 640. The summed E-state index contributed by atoms with van der Waals surface area (Å²) < 4.78 is 15.2. The Kier molecular flexibility index (Phi) is 5.05. The number of rotatable bonds is 5. The number of hydrogen-bond donors (Lipinski definition) is 2. The van der Waals surface area contributed by atoms with Gasteiger partial charge in [0.2, 0.25) is 0 Å². The van der Waals surface area contributed by atoms with Crippen molar-refractivity contribution in [2.24, 2.45) is 5.14 Å². The first-order valence-corrected chi connectivity index (χ1v) is 10.0. The molecule has 1 atom stereocenters. The maximum atomic E-state index is 12.0. The van der Waals surface area contributed by atoms with E-state index in [1.165, 1.54) is 0 Å². The van der Waals surface area contributed by atoms with E-state index in [9.17, 15) is 4.55 Å². The molecule has 0 radical (unpaired) electrons. The van der Waals surface area contributed by atoms with Gasteiger partial charge in [-0.25, -0.2) is 0 Å². The molecule has 3 aromatic rings. The molecule has 0 amide bonds. The minimum atomic E-state index is -1.91. The molecule has 0 aliphatic heterocycles. The van der Waals surface area contributed by atoms with E-state index in [2.05, 4.69) is 40.5 Å². The zero-order valence-corrected chi connectivity index (χ0v) is 14.1. The monoisotopic (exact) mass is 342 g/mol. The summed E-state index contributed by atoms with van der Waals surface area (Å²) in [6.07, 6.45) is 0. The zero-order valence-electron chi connectivity index (χ0n) is 12.5. The van der Waals surface area contributed by atoms with E-state index < -0.39 is 21.8 Å². The van der Waals surface area contributed by atoms with Crippen molar-refractivity contribution < 1.29 is 4.55 Å². The molecular formula is C18H18N2OS2. The van der Waals surface area contributed by atoms with Gasteiger partial charge in [-0.2, -0.15) is 0 Å². The topological polar surface area (TPSA) is 61.1 Å². The van der Waals surface area contributed by atoms with Crippen LogP contribution in [0.5, 0.6) is 0 Å². The molecule has 0 saturated heterocycles. The van der Waals surface area contributed by atoms with Crippen molar-refractivity contribution in [3.8, 4) is 0 Å². The highest BCUT2D eigenvalue weighted by molar-refractivity contribution is 8.36. The van der Waals surface area contributed by atoms with Crippen LogP contribution in [0.4, 0.5) is 0 Å². The van der Waals surface area contributed by atoms with Gasteiger partial charge in [-0.3, -0.25) is 0 Å². The van der Waals surface area contributed by atoms with Gasteiger partial charge in [0.05, 0.1) is 0 Å². The van der Waals surface area contributed by atoms with Gasteiger partial charge in [0.1, 0.15) is 11.5 Å². The summed E-state index contributed by atoms with van der Waals surface area (Å²) in [5.41, 5.74) is 0. The lowest BCUT2D eigenvalue weighted by atomic mass is 10.4. The smallest absolute Gasteiger partial charge is 0.142 e. The summed E-state index contributed by atoms with van der Waals surface area (Å²) in [5.74, 6) is 0. The van der Waals surface area contributed by atoms with Crippen LogP contribution in [0.1, 0.15) is 0 Å². The van der Waals surface area contributed by atoms with Gasteiger partial charge in [0.25, 0.3) is 0 Å². The molecule has 5 heteroatoms. The molecule has 3 rings (SSSR count). The summed E-state index contributed by atoms with van der Waals surface area (Å²) in [7, 11) is -1.91. The third-order valence-corrected chi connectivity index (χ3v) is 8.09. The summed E-state index contributed by atoms with van der Waals surface area (Å²) in [5, 5.41) is 5.67. The van der Waals surface area contributed by atoms with Crippen molar-refractivity contribution >= 4 is 21.8 Å². The Morgan fingerprint density at radius 2 is 0.957 bits per heavy atom. The molecule has 3 aromatic carbocycles. The fourth-order valence-electron chi connectivity index (χ4n) is 2.55. The van der Waals surface area contributed by atoms with E-state index in [-0.39, 0.29) is 0 Å². The molecule has 3 N–H and O–H groups in total. The Labute approximate surface area is 141 Å². The van der Waals surface area contributed by atoms with Crippen LogP contribution in [-0.2, 0) is 11.5 Å². The average Bonchev–Trinajstić information content (AvgIpc) is 2.62. The molecule has 23 heavy (non-hydrogen) atoms. The van der Waals surface area contributed by atoms with Crippen LogP contribution in [0.2, 0.25) is 0 Å². The molecular weight excluding hydrogens is 324 g/mol. The second-order valence-electron chi connectivity index (χ2n) is 4.93. The third kappa shape index (κ3) is 3.29. The van der Waals surface area contributed by atoms with Gasteiger partial charge >= 0.3 is 0 Å². The minimum Gasteiger partial charge on any atom is -0.578 e. The lowest BCUT2D eigenvalue weighted by molar-refractivity contribution is 0.594. The predicted molar refractivity (Wildman–Crippen MR) is 97.2 cm³/mol. The second kappa shape index (κ2) is 7.21. The van der Waals surface area contributed by atoms with Crippen LogP contribution in [0.3, 0.4) is 0 Å². The Morgan fingerprint density at radius 3 is 1.22 bits per heavy atom. The first kappa shape index (κ1) is 16.1.